The molecule has 0 aliphatic carbocycles. The molecular weight excluding hydrogens is 384 g/mol. The Morgan fingerprint density at radius 1 is 1.13 bits per heavy atom. The van der Waals surface area contributed by atoms with E-state index in [0.717, 1.165) is 5.56 Å². The quantitative estimate of drug-likeness (QED) is 0.563. The van der Waals surface area contributed by atoms with E-state index in [1.807, 2.05) is 30.3 Å². The Bertz CT molecular complexity index is 1020. The van der Waals surface area contributed by atoms with Crippen molar-refractivity contribution in [3.8, 4) is 17.1 Å². The SMILES string of the molecule is NC(=O)c1ccc(-c2n[nH]c(C3CNCCN3C(=O)COc3ccccc3)n2)cc1. The first-order valence-electron chi connectivity index (χ1n) is 9.62. The first-order valence-corrected chi connectivity index (χ1v) is 9.62. The lowest BCUT2D eigenvalue weighted by Crippen LogP contribution is -2.50. The van der Waals surface area contributed by atoms with E-state index in [0.29, 0.717) is 42.6 Å². The molecule has 2 heterocycles. The zero-order valence-corrected chi connectivity index (χ0v) is 16.2. The van der Waals surface area contributed by atoms with Gasteiger partial charge in [0.15, 0.2) is 12.4 Å². The largest absolute Gasteiger partial charge is 0.484 e. The number of carbonyl (C=O) groups is 2. The second-order valence-electron chi connectivity index (χ2n) is 6.89. The summed E-state index contributed by atoms with van der Waals surface area (Å²) in [6.07, 6.45) is 0. The van der Waals surface area contributed by atoms with Gasteiger partial charge in [0, 0.05) is 30.8 Å². The van der Waals surface area contributed by atoms with Gasteiger partial charge in [-0.15, -0.1) is 0 Å². The fourth-order valence-electron chi connectivity index (χ4n) is 3.33. The molecule has 1 fully saturated rings. The van der Waals surface area contributed by atoms with Crippen molar-refractivity contribution in [3.05, 3.63) is 66.0 Å². The van der Waals surface area contributed by atoms with E-state index < -0.39 is 5.91 Å². The van der Waals surface area contributed by atoms with Crippen LogP contribution in [-0.2, 0) is 4.79 Å². The van der Waals surface area contributed by atoms with E-state index in [-0.39, 0.29) is 18.6 Å². The Morgan fingerprint density at radius 2 is 1.90 bits per heavy atom. The molecule has 1 saturated heterocycles. The summed E-state index contributed by atoms with van der Waals surface area (Å²) in [6, 6.07) is 15.7. The first-order chi connectivity index (χ1) is 14.6. The molecule has 1 unspecified atom stereocenters. The molecular formula is C21H22N6O3. The van der Waals surface area contributed by atoms with Gasteiger partial charge >= 0.3 is 0 Å². The van der Waals surface area contributed by atoms with Gasteiger partial charge in [0.2, 0.25) is 5.91 Å². The predicted molar refractivity (Wildman–Crippen MR) is 110 cm³/mol. The van der Waals surface area contributed by atoms with E-state index in [2.05, 4.69) is 20.5 Å². The number of nitrogens with two attached hydrogens (primary N) is 1. The van der Waals surface area contributed by atoms with Crippen LogP contribution in [-0.4, -0.2) is 58.1 Å². The Morgan fingerprint density at radius 3 is 2.63 bits per heavy atom. The van der Waals surface area contributed by atoms with Gasteiger partial charge in [-0.2, -0.15) is 5.10 Å². The third kappa shape index (κ3) is 4.31. The lowest BCUT2D eigenvalue weighted by Gasteiger charge is -2.34. The number of carbonyl (C=O) groups excluding carboxylic acids is 2. The minimum Gasteiger partial charge on any atom is -0.484 e. The van der Waals surface area contributed by atoms with Crippen LogP contribution in [0.4, 0.5) is 0 Å². The molecule has 30 heavy (non-hydrogen) atoms. The van der Waals surface area contributed by atoms with Crippen molar-refractivity contribution in [2.45, 2.75) is 6.04 Å². The number of primary amides is 1. The summed E-state index contributed by atoms with van der Waals surface area (Å²) in [6.45, 7) is 1.76. The molecule has 4 N–H and O–H groups in total. The summed E-state index contributed by atoms with van der Waals surface area (Å²) in [5.74, 6) is 1.12. The third-order valence-electron chi connectivity index (χ3n) is 4.92. The summed E-state index contributed by atoms with van der Waals surface area (Å²) in [5.41, 5.74) is 6.44. The highest BCUT2D eigenvalue weighted by atomic mass is 16.5. The van der Waals surface area contributed by atoms with Gasteiger partial charge in [0.1, 0.15) is 17.6 Å². The highest BCUT2D eigenvalue weighted by molar-refractivity contribution is 5.93. The Labute approximate surface area is 173 Å². The smallest absolute Gasteiger partial charge is 0.261 e. The predicted octanol–water partition coefficient (Wildman–Crippen LogP) is 1.12. The molecule has 1 aliphatic heterocycles. The van der Waals surface area contributed by atoms with Crippen molar-refractivity contribution in [1.29, 1.82) is 0 Å². The number of hydrogen-bond donors (Lipinski definition) is 3. The zero-order valence-electron chi connectivity index (χ0n) is 16.2. The normalized spacial score (nSPS) is 16.3. The Kier molecular flexibility index (Phi) is 5.71. The van der Waals surface area contributed by atoms with E-state index >= 15 is 0 Å². The van der Waals surface area contributed by atoms with Crippen LogP contribution in [0, 0.1) is 0 Å². The van der Waals surface area contributed by atoms with Gasteiger partial charge in [-0.05, 0) is 24.3 Å². The van der Waals surface area contributed by atoms with E-state index in [4.69, 9.17) is 10.5 Å². The van der Waals surface area contributed by atoms with Crippen LogP contribution in [0.15, 0.2) is 54.6 Å². The van der Waals surface area contributed by atoms with Gasteiger partial charge in [-0.25, -0.2) is 4.98 Å². The molecule has 3 aromatic rings. The number of aromatic amines is 1. The van der Waals surface area contributed by atoms with Crippen molar-refractivity contribution in [3.63, 3.8) is 0 Å². The molecule has 1 aliphatic rings. The van der Waals surface area contributed by atoms with Crippen molar-refractivity contribution in [2.24, 2.45) is 5.73 Å². The molecule has 0 saturated carbocycles. The van der Waals surface area contributed by atoms with Crippen LogP contribution in [0.25, 0.3) is 11.4 Å². The maximum Gasteiger partial charge on any atom is 0.261 e. The number of aromatic nitrogens is 3. The molecule has 1 aromatic heterocycles. The average Bonchev–Trinajstić information content (AvgIpc) is 3.28. The standard InChI is InChI=1S/C21H22N6O3/c22-19(29)14-6-8-15(9-7-14)20-24-21(26-25-20)17-12-23-10-11-27(17)18(28)13-30-16-4-2-1-3-5-16/h1-9,17,23H,10-13H2,(H2,22,29)(H,24,25,26). The lowest BCUT2D eigenvalue weighted by molar-refractivity contribution is -0.137. The van der Waals surface area contributed by atoms with E-state index in [9.17, 15) is 9.59 Å². The molecule has 2 amide bonds. The van der Waals surface area contributed by atoms with Crippen LogP contribution in [0.1, 0.15) is 22.2 Å². The third-order valence-corrected chi connectivity index (χ3v) is 4.92. The van der Waals surface area contributed by atoms with Crippen LogP contribution in [0.3, 0.4) is 0 Å². The number of ether oxygens (including phenoxy) is 1. The Balaban J connectivity index is 1.47. The molecule has 1 atom stereocenters. The number of nitrogens with one attached hydrogen (secondary N) is 2. The molecule has 9 heteroatoms. The number of benzene rings is 2. The van der Waals surface area contributed by atoms with Crippen LogP contribution < -0.4 is 15.8 Å². The van der Waals surface area contributed by atoms with Gasteiger partial charge in [-0.3, -0.25) is 14.7 Å². The number of para-hydroxylation sites is 1. The number of piperazine rings is 1. The minimum atomic E-state index is -0.489. The Hall–Kier alpha value is -3.72. The summed E-state index contributed by atoms with van der Waals surface area (Å²) < 4.78 is 5.61. The van der Waals surface area contributed by atoms with Crippen molar-refractivity contribution < 1.29 is 14.3 Å². The highest BCUT2D eigenvalue weighted by Gasteiger charge is 2.30. The summed E-state index contributed by atoms with van der Waals surface area (Å²) in [7, 11) is 0. The van der Waals surface area contributed by atoms with Gasteiger partial charge in [0.05, 0.1) is 0 Å². The zero-order chi connectivity index (χ0) is 20.9. The molecule has 0 spiro atoms. The number of amides is 2. The van der Waals surface area contributed by atoms with Crippen LogP contribution >= 0.6 is 0 Å². The van der Waals surface area contributed by atoms with Gasteiger partial charge in [-0.1, -0.05) is 30.3 Å². The summed E-state index contributed by atoms with van der Waals surface area (Å²) in [4.78, 5) is 30.4. The van der Waals surface area contributed by atoms with Crippen molar-refractivity contribution >= 4 is 11.8 Å². The maximum atomic E-state index is 12.8. The van der Waals surface area contributed by atoms with Gasteiger partial charge < -0.3 is 20.7 Å². The van der Waals surface area contributed by atoms with Gasteiger partial charge in [0.25, 0.3) is 5.91 Å². The summed E-state index contributed by atoms with van der Waals surface area (Å²) in [5, 5.41) is 10.5. The second kappa shape index (κ2) is 8.75. The molecule has 154 valence electrons. The fourth-order valence-corrected chi connectivity index (χ4v) is 3.33. The highest BCUT2D eigenvalue weighted by Crippen LogP contribution is 2.23. The number of hydrogen-bond acceptors (Lipinski definition) is 6. The lowest BCUT2D eigenvalue weighted by atomic mass is 10.1. The van der Waals surface area contributed by atoms with Crippen LogP contribution in [0.5, 0.6) is 5.75 Å². The minimum absolute atomic E-state index is 0.0455. The topological polar surface area (TPSA) is 126 Å². The first kappa shape index (κ1) is 19.6. The van der Waals surface area contributed by atoms with Crippen molar-refractivity contribution in [1.82, 2.24) is 25.4 Å². The van der Waals surface area contributed by atoms with E-state index in [1.165, 1.54) is 0 Å². The molecule has 4 rings (SSSR count). The van der Waals surface area contributed by atoms with Crippen LogP contribution in [0.2, 0.25) is 0 Å². The molecule has 9 nitrogen and oxygen atoms in total. The maximum absolute atomic E-state index is 12.8. The number of rotatable bonds is 6. The molecule has 0 bridgehead atoms. The van der Waals surface area contributed by atoms with E-state index in [1.54, 1.807) is 29.2 Å². The monoisotopic (exact) mass is 406 g/mol. The number of nitrogens with zero attached hydrogens (tertiary/aromatic N) is 3. The second-order valence-corrected chi connectivity index (χ2v) is 6.89. The number of H-pyrrole nitrogens is 1. The average molecular weight is 406 g/mol. The van der Waals surface area contributed by atoms with Crippen molar-refractivity contribution in [2.75, 3.05) is 26.2 Å². The fraction of sp³-hybridized carbons (Fsp3) is 0.238. The molecule has 0 radical (unpaired) electrons. The molecule has 2 aromatic carbocycles. The summed E-state index contributed by atoms with van der Waals surface area (Å²) >= 11 is 0.